The van der Waals surface area contributed by atoms with Gasteiger partial charge >= 0.3 is 0 Å². The number of aryl methyl sites for hydroxylation is 1. The van der Waals surface area contributed by atoms with Crippen LogP contribution in [0.1, 0.15) is 30.0 Å². The van der Waals surface area contributed by atoms with Crippen molar-refractivity contribution >= 4 is 0 Å². The van der Waals surface area contributed by atoms with E-state index in [0.717, 1.165) is 22.8 Å². The van der Waals surface area contributed by atoms with E-state index in [1.165, 1.54) is 0 Å². The van der Waals surface area contributed by atoms with Crippen molar-refractivity contribution in [3.63, 3.8) is 0 Å². The van der Waals surface area contributed by atoms with Gasteiger partial charge in [-0.15, -0.1) is 0 Å². The zero-order valence-electron chi connectivity index (χ0n) is 11.6. The number of nitrogens with one attached hydrogen (secondary N) is 1. The van der Waals surface area contributed by atoms with Gasteiger partial charge in [0.2, 0.25) is 0 Å². The molecule has 19 heavy (non-hydrogen) atoms. The fraction of sp³-hybridized carbons (Fsp3) is 0.333. The highest BCUT2D eigenvalue weighted by atomic mass is 16.5. The molecule has 0 aliphatic carbocycles. The van der Waals surface area contributed by atoms with Gasteiger partial charge in [-0.25, -0.2) is 9.97 Å². The Hall–Kier alpha value is -1.94. The molecule has 0 unspecified atom stereocenters. The monoisotopic (exact) mass is 257 g/mol. The van der Waals surface area contributed by atoms with E-state index < -0.39 is 0 Å². The SMILES string of the molecule is COc1ccccc1[C@H](C)NCc1ccnc(C)n1. The van der Waals surface area contributed by atoms with Crippen molar-refractivity contribution in [3.05, 3.63) is 53.6 Å². The summed E-state index contributed by atoms with van der Waals surface area (Å²) in [6.45, 7) is 4.72. The van der Waals surface area contributed by atoms with Crippen LogP contribution in [0.2, 0.25) is 0 Å². The number of benzene rings is 1. The van der Waals surface area contributed by atoms with Gasteiger partial charge in [0, 0.05) is 24.3 Å². The molecule has 1 aromatic carbocycles. The Balaban J connectivity index is 2.03. The molecule has 4 nitrogen and oxygen atoms in total. The van der Waals surface area contributed by atoms with Crippen LogP contribution in [-0.2, 0) is 6.54 Å². The van der Waals surface area contributed by atoms with Crippen molar-refractivity contribution in [3.8, 4) is 5.75 Å². The lowest BCUT2D eigenvalue weighted by atomic mass is 10.1. The van der Waals surface area contributed by atoms with Crippen LogP contribution in [0.3, 0.4) is 0 Å². The lowest BCUT2D eigenvalue weighted by Gasteiger charge is -2.17. The molecule has 0 bridgehead atoms. The maximum absolute atomic E-state index is 5.37. The molecule has 1 atom stereocenters. The predicted octanol–water partition coefficient (Wildman–Crippen LogP) is 2.64. The molecular formula is C15H19N3O. The molecule has 0 amide bonds. The van der Waals surface area contributed by atoms with Crippen molar-refractivity contribution in [2.24, 2.45) is 0 Å². The molecule has 100 valence electrons. The summed E-state index contributed by atoms with van der Waals surface area (Å²) in [5.41, 5.74) is 2.14. The molecule has 0 aliphatic heterocycles. The minimum absolute atomic E-state index is 0.200. The van der Waals surface area contributed by atoms with Gasteiger partial charge in [-0.3, -0.25) is 0 Å². The van der Waals surface area contributed by atoms with Crippen LogP contribution in [-0.4, -0.2) is 17.1 Å². The Morgan fingerprint density at radius 2 is 2.05 bits per heavy atom. The number of hydrogen-bond acceptors (Lipinski definition) is 4. The standard InChI is InChI=1S/C15H19N3O/c1-11(14-6-4-5-7-15(14)19-3)17-10-13-8-9-16-12(2)18-13/h4-9,11,17H,10H2,1-3H3/t11-/m0/s1. The molecule has 0 fully saturated rings. The van der Waals surface area contributed by atoms with Crippen LogP contribution in [0.5, 0.6) is 5.75 Å². The van der Waals surface area contributed by atoms with E-state index in [1.807, 2.05) is 31.2 Å². The summed E-state index contributed by atoms with van der Waals surface area (Å²) < 4.78 is 5.37. The van der Waals surface area contributed by atoms with Crippen LogP contribution >= 0.6 is 0 Å². The van der Waals surface area contributed by atoms with E-state index in [2.05, 4.69) is 28.3 Å². The molecule has 1 heterocycles. The van der Waals surface area contributed by atoms with Gasteiger partial charge in [-0.2, -0.15) is 0 Å². The van der Waals surface area contributed by atoms with Crippen LogP contribution < -0.4 is 10.1 Å². The molecule has 2 aromatic rings. The summed E-state index contributed by atoms with van der Waals surface area (Å²) >= 11 is 0. The maximum atomic E-state index is 5.37. The first-order valence-electron chi connectivity index (χ1n) is 6.35. The molecule has 0 radical (unpaired) electrons. The summed E-state index contributed by atoms with van der Waals surface area (Å²) in [6.07, 6.45) is 1.78. The van der Waals surface area contributed by atoms with Gasteiger partial charge in [0.05, 0.1) is 12.8 Å². The Morgan fingerprint density at radius 1 is 1.26 bits per heavy atom. The van der Waals surface area contributed by atoms with Gasteiger partial charge in [-0.05, 0) is 26.0 Å². The van der Waals surface area contributed by atoms with E-state index in [-0.39, 0.29) is 6.04 Å². The lowest BCUT2D eigenvalue weighted by molar-refractivity contribution is 0.401. The van der Waals surface area contributed by atoms with Crippen LogP contribution in [0.4, 0.5) is 0 Å². The smallest absolute Gasteiger partial charge is 0.125 e. The number of rotatable bonds is 5. The second-order valence-corrected chi connectivity index (χ2v) is 4.44. The Bertz CT molecular complexity index is 542. The highest BCUT2D eigenvalue weighted by molar-refractivity contribution is 5.35. The van der Waals surface area contributed by atoms with Gasteiger partial charge in [-0.1, -0.05) is 18.2 Å². The minimum atomic E-state index is 0.200. The number of hydrogen-bond donors (Lipinski definition) is 1. The zero-order chi connectivity index (χ0) is 13.7. The van der Waals surface area contributed by atoms with Crippen molar-refractivity contribution < 1.29 is 4.74 Å². The van der Waals surface area contributed by atoms with Gasteiger partial charge < -0.3 is 10.1 Å². The third kappa shape index (κ3) is 3.51. The number of ether oxygens (including phenoxy) is 1. The Morgan fingerprint density at radius 3 is 2.79 bits per heavy atom. The van der Waals surface area contributed by atoms with E-state index in [4.69, 9.17) is 4.74 Å². The summed E-state index contributed by atoms with van der Waals surface area (Å²) in [7, 11) is 1.69. The fourth-order valence-electron chi connectivity index (χ4n) is 2.00. The summed E-state index contributed by atoms with van der Waals surface area (Å²) in [5.74, 6) is 1.70. The largest absolute Gasteiger partial charge is 0.496 e. The first kappa shape index (κ1) is 13.5. The van der Waals surface area contributed by atoms with Gasteiger partial charge in [0.1, 0.15) is 11.6 Å². The average Bonchev–Trinajstić information content (AvgIpc) is 2.45. The molecule has 1 aromatic heterocycles. The van der Waals surface area contributed by atoms with E-state index in [0.29, 0.717) is 6.54 Å². The molecule has 1 N–H and O–H groups in total. The molecule has 2 rings (SSSR count). The average molecular weight is 257 g/mol. The number of aromatic nitrogens is 2. The van der Waals surface area contributed by atoms with Crippen molar-refractivity contribution in [2.45, 2.75) is 26.4 Å². The fourth-order valence-corrected chi connectivity index (χ4v) is 2.00. The Kier molecular flexibility index (Phi) is 4.47. The third-order valence-electron chi connectivity index (χ3n) is 3.03. The quantitative estimate of drug-likeness (QED) is 0.894. The molecular weight excluding hydrogens is 238 g/mol. The molecule has 4 heteroatoms. The highest BCUT2D eigenvalue weighted by Crippen LogP contribution is 2.24. The summed E-state index contributed by atoms with van der Waals surface area (Å²) in [5, 5.41) is 3.45. The zero-order valence-corrected chi connectivity index (χ0v) is 11.6. The molecule has 0 saturated heterocycles. The predicted molar refractivity (Wildman–Crippen MR) is 75.0 cm³/mol. The van der Waals surface area contributed by atoms with E-state index >= 15 is 0 Å². The van der Waals surface area contributed by atoms with Crippen molar-refractivity contribution in [1.82, 2.24) is 15.3 Å². The Labute approximate surface area is 113 Å². The minimum Gasteiger partial charge on any atom is -0.496 e. The van der Waals surface area contributed by atoms with E-state index in [1.54, 1.807) is 13.3 Å². The normalized spacial score (nSPS) is 12.2. The molecule has 0 saturated carbocycles. The highest BCUT2D eigenvalue weighted by Gasteiger charge is 2.10. The number of para-hydroxylation sites is 1. The first-order valence-corrected chi connectivity index (χ1v) is 6.35. The van der Waals surface area contributed by atoms with Crippen molar-refractivity contribution in [2.75, 3.05) is 7.11 Å². The maximum Gasteiger partial charge on any atom is 0.125 e. The topological polar surface area (TPSA) is 47.0 Å². The van der Waals surface area contributed by atoms with Gasteiger partial charge in [0.25, 0.3) is 0 Å². The second-order valence-electron chi connectivity index (χ2n) is 4.44. The second kappa shape index (κ2) is 6.29. The van der Waals surface area contributed by atoms with Crippen LogP contribution in [0.25, 0.3) is 0 Å². The third-order valence-corrected chi connectivity index (χ3v) is 3.03. The summed E-state index contributed by atoms with van der Waals surface area (Å²) in [6, 6.07) is 10.2. The van der Waals surface area contributed by atoms with E-state index in [9.17, 15) is 0 Å². The van der Waals surface area contributed by atoms with Gasteiger partial charge in [0.15, 0.2) is 0 Å². The number of methoxy groups -OCH3 is 1. The summed E-state index contributed by atoms with van der Waals surface area (Å²) in [4.78, 5) is 8.47. The lowest BCUT2D eigenvalue weighted by Crippen LogP contribution is -2.19. The molecule has 0 spiro atoms. The molecule has 0 aliphatic rings. The van der Waals surface area contributed by atoms with Crippen LogP contribution in [0.15, 0.2) is 36.5 Å². The van der Waals surface area contributed by atoms with Crippen molar-refractivity contribution in [1.29, 1.82) is 0 Å². The number of nitrogens with zero attached hydrogens (tertiary/aromatic N) is 2. The van der Waals surface area contributed by atoms with Crippen LogP contribution in [0, 0.1) is 6.92 Å². The first-order chi connectivity index (χ1) is 9.20.